The molecule has 1 aromatic heterocycles. The van der Waals surface area contributed by atoms with Crippen molar-refractivity contribution in [3.05, 3.63) is 35.3 Å². The van der Waals surface area contributed by atoms with Gasteiger partial charge in [-0.2, -0.15) is 0 Å². The average Bonchev–Trinajstić information content (AvgIpc) is 3.26. The van der Waals surface area contributed by atoms with Crippen molar-refractivity contribution in [1.29, 1.82) is 0 Å². The Bertz CT molecular complexity index is 683. The van der Waals surface area contributed by atoms with Crippen LogP contribution in [0.15, 0.2) is 29.6 Å². The van der Waals surface area contributed by atoms with Gasteiger partial charge >= 0.3 is 6.03 Å². The molecule has 2 N–H and O–H groups in total. The van der Waals surface area contributed by atoms with Gasteiger partial charge in [0, 0.05) is 31.4 Å². The smallest absolute Gasteiger partial charge is 0.319 e. The van der Waals surface area contributed by atoms with Crippen molar-refractivity contribution in [2.45, 2.75) is 19.3 Å². The predicted octanol–water partition coefficient (Wildman–Crippen LogP) is 3.12. The lowest BCUT2D eigenvalue weighted by Gasteiger charge is -2.12. The third-order valence-electron chi connectivity index (χ3n) is 3.94. The van der Waals surface area contributed by atoms with Crippen LogP contribution in [0.1, 0.15) is 18.5 Å². The second-order valence-electron chi connectivity index (χ2n) is 5.65. The first-order valence-electron chi connectivity index (χ1n) is 8.13. The highest BCUT2D eigenvalue weighted by Gasteiger charge is 2.15. The monoisotopic (exact) mass is 346 g/mol. The Kier molecular flexibility index (Phi) is 5.53. The van der Waals surface area contributed by atoms with Crippen LogP contribution in [0.4, 0.5) is 15.6 Å². The van der Waals surface area contributed by atoms with Crippen LogP contribution in [0.3, 0.4) is 0 Å². The third kappa shape index (κ3) is 4.17. The molecule has 0 saturated carbocycles. The zero-order valence-electron chi connectivity index (χ0n) is 13.7. The third-order valence-corrected chi connectivity index (χ3v) is 4.89. The molecular formula is C17H22N4O2S. The van der Waals surface area contributed by atoms with Gasteiger partial charge < -0.3 is 20.3 Å². The molecule has 1 aromatic carbocycles. The fraction of sp³-hybridized carbons (Fsp3) is 0.412. The van der Waals surface area contributed by atoms with E-state index in [-0.39, 0.29) is 6.03 Å². The number of urea groups is 1. The van der Waals surface area contributed by atoms with E-state index in [9.17, 15) is 4.79 Å². The molecule has 0 aliphatic carbocycles. The minimum absolute atomic E-state index is 0.241. The van der Waals surface area contributed by atoms with Crippen LogP contribution in [0.5, 0.6) is 5.75 Å². The minimum atomic E-state index is -0.241. The van der Waals surface area contributed by atoms with E-state index in [4.69, 9.17) is 4.74 Å². The van der Waals surface area contributed by atoms with Crippen molar-refractivity contribution in [3.8, 4) is 5.75 Å². The number of nitrogens with zero attached hydrogens (tertiary/aromatic N) is 2. The molecule has 0 bridgehead atoms. The van der Waals surface area contributed by atoms with E-state index >= 15 is 0 Å². The molecule has 3 rings (SSSR count). The van der Waals surface area contributed by atoms with Gasteiger partial charge in [-0.15, -0.1) is 11.3 Å². The number of hydrogen-bond donors (Lipinski definition) is 2. The molecule has 1 fully saturated rings. The Morgan fingerprint density at radius 3 is 2.92 bits per heavy atom. The molecule has 24 heavy (non-hydrogen) atoms. The largest absolute Gasteiger partial charge is 0.495 e. The van der Waals surface area contributed by atoms with Gasteiger partial charge in [0.2, 0.25) is 0 Å². The molecule has 0 spiro atoms. The van der Waals surface area contributed by atoms with E-state index in [1.54, 1.807) is 24.5 Å². The number of carbonyl (C=O) groups excluding carboxylic acids is 1. The summed E-state index contributed by atoms with van der Waals surface area (Å²) in [5.74, 6) is 0.641. The fourth-order valence-corrected chi connectivity index (χ4v) is 3.60. The summed E-state index contributed by atoms with van der Waals surface area (Å²) in [5.41, 5.74) is 1.68. The van der Waals surface area contributed by atoms with Crippen LogP contribution in [0.2, 0.25) is 0 Å². The lowest BCUT2D eigenvalue weighted by Crippen LogP contribution is -2.30. The minimum Gasteiger partial charge on any atom is -0.495 e. The predicted molar refractivity (Wildman–Crippen MR) is 97.3 cm³/mol. The summed E-state index contributed by atoms with van der Waals surface area (Å²) in [5, 5.41) is 8.83. The highest BCUT2D eigenvalue weighted by atomic mass is 32.1. The van der Waals surface area contributed by atoms with Gasteiger partial charge in [0.05, 0.1) is 18.5 Å². The molecule has 2 amide bonds. The molecule has 0 radical (unpaired) electrons. The van der Waals surface area contributed by atoms with Gasteiger partial charge in [-0.1, -0.05) is 12.1 Å². The molecule has 128 valence electrons. The van der Waals surface area contributed by atoms with Gasteiger partial charge in [0.25, 0.3) is 0 Å². The second-order valence-corrected chi connectivity index (χ2v) is 6.48. The summed E-state index contributed by atoms with van der Waals surface area (Å²) in [4.78, 5) is 19.0. The van der Waals surface area contributed by atoms with E-state index in [0.717, 1.165) is 30.3 Å². The maximum absolute atomic E-state index is 12.0. The molecular weight excluding hydrogens is 324 g/mol. The van der Waals surface area contributed by atoms with Crippen molar-refractivity contribution < 1.29 is 9.53 Å². The van der Waals surface area contributed by atoms with Crippen molar-refractivity contribution in [2.75, 3.05) is 37.0 Å². The Morgan fingerprint density at radius 1 is 1.33 bits per heavy atom. The van der Waals surface area contributed by atoms with Gasteiger partial charge in [0.1, 0.15) is 5.75 Å². The zero-order valence-corrected chi connectivity index (χ0v) is 14.6. The number of anilines is 2. The number of hydrogen-bond acceptors (Lipinski definition) is 5. The van der Waals surface area contributed by atoms with Gasteiger partial charge in [0.15, 0.2) is 5.13 Å². The van der Waals surface area contributed by atoms with Crippen LogP contribution in [0, 0.1) is 0 Å². The van der Waals surface area contributed by atoms with E-state index in [1.165, 1.54) is 12.8 Å². The molecule has 0 unspecified atom stereocenters. The Balaban J connectivity index is 1.45. The number of para-hydroxylation sites is 2. The van der Waals surface area contributed by atoms with Crippen molar-refractivity contribution >= 4 is 28.2 Å². The average molecular weight is 346 g/mol. The maximum atomic E-state index is 12.0. The van der Waals surface area contributed by atoms with Crippen LogP contribution in [-0.2, 0) is 6.42 Å². The fourth-order valence-electron chi connectivity index (χ4n) is 2.68. The molecule has 6 nitrogen and oxygen atoms in total. The molecule has 7 heteroatoms. The highest BCUT2D eigenvalue weighted by Crippen LogP contribution is 2.24. The lowest BCUT2D eigenvalue weighted by molar-refractivity contribution is 0.252. The molecule has 1 aliphatic heterocycles. The van der Waals surface area contributed by atoms with Crippen molar-refractivity contribution in [3.63, 3.8) is 0 Å². The van der Waals surface area contributed by atoms with Gasteiger partial charge in [-0.05, 0) is 25.0 Å². The quantitative estimate of drug-likeness (QED) is 0.843. The number of nitrogens with one attached hydrogen (secondary N) is 2. The molecule has 2 heterocycles. The van der Waals surface area contributed by atoms with Crippen molar-refractivity contribution in [2.24, 2.45) is 0 Å². The summed E-state index contributed by atoms with van der Waals surface area (Å²) in [7, 11) is 1.58. The number of ether oxygens (including phenoxy) is 1. The number of thiazole rings is 1. The summed E-state index contributed by atoms with van der Waals surface area (Å²) < 4.78 is 5.22. The SMILES string of the molecule is COc1ccccc1NC(=O)NCCc1csc(N2CCCC2)n1. The first-order valence-corrected chi connectivity index (χ1v) is 9.01. The Labute approximate surface area is 145 Å². The van der Waals surface area contributed by atoms with E-state index in [0.29, 0.717) is 18.0 Å². The zero-order chi connectivity index (χ0) is 16.8. The summed E-state index contributed by atoms with van der Waals surface area (Å²) in [6.07, 6.45) is 3.23. The first-order chi connectivity index (χ1) is 11.8. The van der Waals surface area contributed by atoms with E-state index < -0.39 is 0 Å². The number of aromatic nitrogens is 1. The summed E-state index contributed by atoms with van der Waals surface area (Å²) in [6, 6.07) is 7.09. The Hall–Kier alpha value is -2.28. The first kappa shape index (κ1) is 16.6. The molecule has 0 atom stereocenters. The van der Waals surface area contributed by atoms with Crippen LogP contribution >= 0.6 is 11.3 Å². The molecule has 1 aliphatic rings. The van der Waals surface area contributed by atoms with Gasteiger partial charge in [-0.25, -0.2) is 9.78 Å². The normalized spacial score (nSPS) is 13.8. The van der Waals surface area contributed by atoms with E-state index in [2.05, 4.69) is 25.9 Å². The highest BCUT2D eigenvalue weighted by molar-refractivity contribution is 7.13. The van der Waals surface area contributed by atoms with Gasteiger partial charge in [-0.3, -0.25) is 0 Å². The van der Waals surface area contributed by atoms with Crippen LogP contribution in [-0.4, -0.2) is 37.8 Å². The summed E-state index contributed by atoms with van der Waals surface area (Å²) >= 11 is 1.68. The standard InChI is InChI=1S/C17H22N4O2S/c1-23-15-7-3-2-6-14(15)20-16(22)18-9-8-13-12-24-17(19-13)21-10-4-5-11-21/h2-3,6-7,12H,4-5,8-11H2,1H3,(H2,18,20,22). The number of carbonyl (C=O) groups is 1. The number of methoxy groups -OCH3 is 1. The number of rotatable bonds is 6. The van der Waals surface area contributed by atoms with Crippen LogP contribution < -0.4 is 20.3 Å². The maximum Gasteiger partial charge on any atom is 0.319 e. The molecule has 1 saturated heterocycles. The van der Waals surface area contributed by atoms with Crippen molar-refractivity contribution in [1.82, 2.24) is 10.3 Å². The lowest BCUT2D eigenvalue weighted by atomic mass is 10.3. The van der Waals surface area contributed by atoms with E-state index in [1.807, 2.05) is 18.2 Å². The summed E-state index contributed by atoms with van der Waals surface area (Å²) in [6.45, 7) is 2.75. The molecule has 2 aromatic rings. The Morgan fingerprint density at radius 2 is 2.12 bits per heavy atom. The topological polar surface area (TPSA) is 66.5 Å². The van der Waals surface area contributed by atoms with Crippen LogP contribution in [0.25, 0.3) is 0 Å². The number of benzene rings is 1. The second kappa shape index (κ2) is 8.01. The number of amides is 2.